The van der Waals surface area contributed by atoms with Gasteiger partial charge in [0.05, 0.1) is 5.02 Å². The molecule has 0 atom stereocenters. The molecule has 0 N–H and O–H groups in total. The third-order valence-electron chi connectivity index (χ3n) is 2.22. The van der Waals surface area contributed by atoms with Crippen LogP contribution in [0.2, 0.25) is 5.02 Å². The standard InChI is InChI=1S/C10H3ClF8O/c11-5-2-1-4(3-6(5)12)7(20)8(13,14)9(15,16)10(17,18)19/h1-3H. The summed E-state index contributed by atoms with van der Waals surface area (Å²) in [7, 11) is 0. The van der Waals surface area contributed by atoms with Crippen LogP contribution in [0.1, 0.15) is 10.4 Å². The Balaban J connectivity index is 3.28. The van der Waals surface area contributed by atoms with Crippen LogP contribution in [0.5, 0.6) is 0 Å². The second kappa shape index (κ2) is 4.87. The van der Waals surface area contributed by atoms with Crippen molar-refractivity contribution in [2.45, 2.75) is 18.0 Å². The van der Waals surface area contributed by atoms with Gasteiger partial charge in [0, 0.05) is 5.56 Å². The number of carbonyl (C=O) groups excluding carboxylic acids is 1. The van der Waals surface area contributed by atoms with Crippen LogP contribution in [0, 0.1) is 5.82 Å². The average Bonchev–Trinajstić information content (AvgIpc) is 2.30. The number of alkyl halides is 7. The van der Waals surface area contributed by atoms with Crippen molar-refractivity contribution >= 4 is 17.4 Å². The number of hydrogen-bond acceptors (Lipinski definition) is 1. The van der Waals surface area contributed by atoms with E-state index in [9.17, 15) is 39.9 Å². The zero-order chi connectivity index (χ0) is 15.9. The number of benzene rings is 1. The summed E-state index contributed by atoms with van der Waals surface area (Å²) in [4.78, 5) is 11.1. The molecule has 112 valence electrons. The van der Waals surface area contributed by atoms with Crippen LogP contribution < -0.4 is 0 Å². The molecule has 1 rings (SSSR count). The van der Waals surface area contributed by atoms with Crippen LogP contribution in [0.15, 0.2) is 18.2 Å². The van der Waals surface area contributed by atoms with Gasteiger partial charge >= 0.3 is 18.0 Å². The smallest absolute Gasteiger partial charge is 0.287 e. The normalized spacial score (nSPS) is 13.4. The summed E-state index contributed by atoms with van der Waals surface area (Å²) in [6.45, 7) is 0. The van der Waals surface area contributed by atoms with E-state index in [2.05, 4.69) is 0 Å². The largest absolute Gasteiger partial charge is 0.460 e. The van der Waals surface area contributed by atoms with E-state index in [0.29, 0.717) is 12.1 Å². The molecule has 20 heavy (non-hydrogen) atoms. The van der Waals surface area contributed by atoms with E-state index in [-0.39, 0.29) is 6.07 Å². The molecule has 0 unspecified atom stereocenters. The Bertz CT molecular complexity index is 537. The predicted octanol–water partition coefficient (Wildman–Crippen LogP) is 4.49. The maximum atomic E-state index is 13.0. The molecule has 0 aliphatic carbocycles. The van der Waals surface area contributed by atoms with E-state index in [1.807, 2.05) is 0 Å². The van der Waals surface area contributed by atoms with Crippen LogP contribution in [0.25, 0.3) is 0 Å². The number of halogens is 9. The fourth-order valence-corrected chi connectivity index (χ4v) is 1.26. The van der Waals surface area contributed by atoms with Crippen LogP contribution >= 0.6 is 11.6 Å². The van der Waals surface area contributed by atoms with Gasteiger partial charge in [-0.2, -0.15) is 30.7 Å². The first kappa shape index (κ1) is 16.7. The van der Waals surface area contributed by atoms with Gasteiger partial charge in [0.1, 0.15) is 5.82 Å². The van der Waals surface area contributed by atoms with Gasteiger partial charge in [0.15, 0.2) is 0 Å². The lowest BCUT2D eigenvalue weighted by Gasteiger charge is -2.27. The lowest BCUT2D eigenvalue weighted by Crippen LogP contribution is -2.56. The number of ketones is 1. The zero-order valence-electron chi connectivity index (χ0n) is 9.04. The van der Waals surface area contributed by atoms with E-state index >= 15 is 0 Å². The Morgan fingerprint density at radius 2 is 1.50 bits per heavy atom. The molecular formula is C10H3ClF8O. The monoisotopic (exact) mass is 326 g/mol. The fourth-order valence-electron chi connectivity index (χ4n) is 1.14. The van der Waals surface area contributed by atoms with Gasteiger partial charge in [-0.25, -0.2) is 4.39 Å². The number of rotatable bonds is 3. The first-order valence-electron chi connectivity index (χ1n) is 4.64. The molecule has 1 aromatic carbocycles. The molecule has 0 aromatic heterocycles. The lowest BCUT2D eigenvalue weighted by atomic mass is 10.00. The topological polar surface area (TPSA) is 17.1 Å². The molecule has 0 amide bonds. The van der Waals surface area contributed by atoms with Crippen LogP contribution in [-0.2, 0) is 0 Å². The molecule has 0 aliphatic heterocycles. The molecule has 0 fully saturated rings. The highest BCUT2D eigenvalue weighted by Gasteiger charge is 2.76. The molecule has 0 aliphatic rings. The Morgan fingerprint density at radius 3 is 1.90 bits per heavy atom. The van der Waals surface area contributed by atoms with Crippen molar-refractivity contribution in [3.63, 3.8) is 0 Å². The quantitative estimate of drug-likeness (QED) is 0.590. The summed E-state index contributed by atoms with van der Waals surface area (Å²) in [6, 6.07) is 1.03. The van der Waals surface area contributed by atoms with Gasteiger partial charge in [0.2, 0.25) is 5.78 Å². The summed E-state index contributed by atoms with van der Waals surface area (Å²) in [5.41, 5.74) is -1.36. The minimum Gasteiger partial charge on any atom is -0.287 e. The Morgan fingerprint density at radius 1 is 1.00 bits per heavy atom. The van der Waals surface area contributed by atoms with Crippen LogP contribution in [-0.4, -0.2) is 23.8 Å². The first-order chi connectivity index (χ1) is 8.82. The van der Waals surface area contributed by atoms with Crippen molar-refractivity contribution in [3.05, 3.63) is 34.6 Å². The zero-order valence-corrected chi connectivity index (χ0v) is 9.80. The second-order valence-corrected chi connectivity index (χ2v) is 4.01. The highest BCUT2D eigenvalue weighted by molar-refractivity contribution is 6.30. The summed E-state index contributed by atoms with van der Waals surface area (Å²) in [5.74, 6) is -16.9. The van der Waals surface area contributed by atoms with Crippen molar-refractivity contribution in [2.75, 3.05) is 0 Å². The Kier molecular flexibility index (Phi) is 4.06. The highest BCUT2D eigenvalue weighted by atomic mass is 35.5. The van der Waals surface area contributed by atoms with Gasteiger partial charge in [-0.05, 0) is 18.2 Å². The van der Waals surface area contributed by atoms with E-state index < -0.39 is 40.2 Å². The van der Waals surface area contributed by atoms with Gasteiger partial charge < -0.3 is 0 Å². The Labute approximate surface area is 111 Å². The van der Waals surface area contributed by atoms with Crippen molar-refractivity contribution in [1.29, 1.82) is 0 Å². The highest BCUT2D eigenvalue weighted by Crippen LogP contribution is 2.47. The minimum absolute atomic E-state index is 0.0467. The molecule has 1 aromatic rings. The predicted molar refractivity (Wildman–Crippen MR) is 51.7 cm³/mol. The van der Waals surface area contributed by atoms with E-state index in [1.54, 1.807) is 0 Å². The average molecular weight is 327 g/mol. The number of carbonyl (C=O) groups is 1. The number of Topliss-reactive ketones (excluding diaryl/α,β-unsaturated/α-hetero) is 1. The summed E-state index contributed by atoms with van der Waals surface area (Å²) in [5, 5.41) is -0.618. The first-order valence-corrected chi connectivity index (χ1v) is 5.02. The molecule has 0 bridgehead atoms. The lowest BCUT2D eigenvalue weighted by molar-refractivity contribution is -0.339. The SMILES string of the molecule is O=C(c1ccc(Cl)c(F)c1)C(F)(F)C(F)(F)C(F)(F)F. The van der Waals surface area contributed by atoms with Crippen molar-refractivity contribution in [1.82, 2.24) is 0 Å². The molecule has 1 nitrogen and oxygen atoms in total. The maximum Gasteiger partial charge on any atom is 0.460 e. The minimum atomic E-state index is -6.64. The number of hydrogen-bond donors (Lipinski definition) is 0. The molecule has 0 saturated carbocycles. The molecule has 0 radical (unpaired) electrons. The molecule has 0 saturated heterocycles. The summed E-state index contributed by atoms with van der Waals surface area (Å²) >= 11 is 5.16. The van der Waals surface area contributed by atoms with Gasteiger partial charge in [-0.15, -0.1) is 0 Å². The van der Waals surface area contributed by atoms with Crippen LogP contribution in [0.4, 0.5) is 35.1 Å². The maximum absolute atomic E-state index is 13.0. The van der Waals surface area contributed by atoms with Gasteiger partial charge in [-0.3, -0.25) is 4.79 Å². The molecular weight excluding hydrogens is 324 g/mol. The van der Waals surface area contributed by atoms with E-state index in [1.165, 1.54) is 0 Å². The van der Waals surface area contributed by atoms with Gasteiger partial charge in [-0.1, -0.05) is 11.6 Å². The van der Waals surface area contributed by atoms with Gasteiger partial charge in [0.25, 0.3) is 0 Å². The summed E-state index contributed by atoms with van der Waals surface area (Å²) in [6.07, 6.45) is -6.64. The van der Waals surface area contributed by atoms with Crippen molar-refractivity contribution < 1.29 is 39.9 Å². The van der Waals surface area contributed by atoms with E-state index in [4.69, 9.17) is 11.6 Å². The fraction of sp³-hybridized carbons (Fsp3) is 0.300. The summed E-state index contributed by atoms with van der Waals surface area (Å²) < 4.78 is 99.8. The molecule has 10 heteroatoms. The third kappa shape index (κ3) is 2.58. The molecule has 0 spiro atoms. The second-order valence-electron chi connectivity index (χ2n) is 3.60. The third-order valence-corrected chi connectivity index (χ3v) is 2.52. The van der Waals surface area contributed by atoms with Crippen molar-refractivity contribution in [2.24, 2.45) is 0 Å². The molecule has 0 heterocycles. The Hall–Kier alpha value is -1.38. The van der Waals surface area contributed by atoms with Crippen molar-refractivity contribution in [3.8, 4) is 0 Å². The van der Waals surface area contributed by atoms with Crippen LogP contribution in [0.3, 0.4) is 0 Å². The van der Waals surface area contributed by atoms with E-state index in [0.717, 1.165) is 0 Å².